The molecule has 0 heterocycles. The van der Waals surface area contributed by atoms with Crippen molar-refractivity contribution in [3.8, 4) is 16.9 Å². The number of benzene rings is 3. The van der Waals surface area contributed by atoms with E-state index in [1.54, 1.807) is 6.07 Å². The van der Waals surface area contributed by atoms with Crippen LogP contribution < -0.4 is 4.74 Å². The normalized spacial score (nSPS) is 13.1. The van der Waals surface area contributed by atoms with Gasteiger partial charge in [-0.3, -0.25) is 0 Å². The van der Waals surface area contributed by atoms with Crippen LogP contribution >= 0.6 is 0 Å². The predicted molar refractivity (Wildman–Crippen MR) is 110 cm³/mol. The molecule has 0 bridgehead atoms. The third kappa shape index (κ3) is 3.55. The molecule has 0 radical (unpaired) electrons. The quantitative estimate of drug-likeness (QED) is 0.471. The zero-order valence-corrected chi connectivity index (χ0v) is 16.4. The Morgan fingerprint density at radius 1 is 0.862 bits per heavy atom. The van der Waals surface area contributed by atoms with Crippen LogP contribution in [0.3, 0.4) is 0 Å². The monoisotopic (exact) mass is 394 g/mol. The first-order valence-electron chi connectivity index (χ1n) is 9.66. The Balaban J connectivity index is 1.73. The van der Waals surface area contributed by atoms with Crippen LogP contribution in [0, 0.1) is 17.5 Å². The molecule has 0 unspecified atom stereocenters. The van der Waals surface area contributed by atoms with Crippen LogP contribution in [0.4, 0.5) is 13.2 Å². The molecule has 0 saturated heterocycles. The van der Waals surface area contributed by atoms with Gasteiger partial charge in [-0.05, 0) is 71.4 Å². The van der Waals surface area contributed by atoms with Gasteiger partial charge in [0.25, 0.3) is 0 Å². The van der Waals surface area contributed by atoms with Crippen molar-refractivity contribution in [1.29, 1.82) is 0 Å². The molecule has 148 valence electrons. The van der Waals surface area contributed by atoms with Crippen molar-refractivity contribution in [3.63, 3.8) is 0 Å². The number of aryl methyl sites for hydroxylation is 2. The average molecular weight is 394 g/mol. The molecular formula is C25H21F3O. The fraction of sp³-hybridized carbons (Fsp3) is 0.200. The second-order valence-electron chi connectivity index (χ2n) is 7.19. The maximum absolute atomic E-state index is 14.8. The summed E-state index contributed by atoms with van der Waals surface area (Å²) in [6.45, 7) is 2.11. The Bertz CT molecular complexity index is 1100. The van der Waals surface area contributed by atoms with Crippen LogP contribution in [0.1, 0.15) is 35.6 Å². The zero-order valence-electron chi connectivity index (χ0n) is 16.4. The van der Waals surface area contributed by atoms with Crippen LogP contribution in [-0.4, -0.2) is 7.11 Å². The van der Waals surface area contributed by atoms with Crippen LogP contribution in [0.2, 0.25) is 0 Å². The molecule has 0 fully saturated rings. The lowest BCUT2D eigenvalue weighted by Gasteiger charge is -2.19. The number of rotatable bonds is 4. The summed E-state index contributed by atoms with van der Waals surface area (Å²) in [5.41, 5.74) is 5.21. The maximum Gasteiger partial charge on any atom is 0.201 e. The summed E-state index contributed by atoms with van der Waals surface area (Å²) < 4.78 is 48.2. The first-order valence-corrected chi connectivity index (χ1v) is 9.66. The Morgan fingerprint density at radius 3 is 2.31 bits per heavy atom. The summed E-state index contributed by atoms with van der Waals surface area (Å²) in [6.07, 6.45) is 4.49. The summed E-state index contributed by atoms with van der Waals surface area (Å²) in [7, 11) is 1.26. The lowest BCUT2D eigenvalue weighted by atomic mass is 9.86. The number of ether oxygens (including phenoxy) is 1. The van der Waals surface area contributed by atoms with Crippen molar-refractivity contribution in [2.75, 3.05) is 7.11 Å². The van der Waals surface area contributed by atoms with Gasteiger partial charge in [0.15, 0.2) is 11.6 Å². The van der Waals surface area contributed by atoms with E-state index in [9.17, 15) is 13.2 Å². The van der Waals surface area contributed by atoms with Crippen molar-refractivity contribution in [2.45, 2.75) is 26.2 Å². The van der Waals surface area contributed by atoms with E-state index in [1.807, 2.05) is 6.08 Å². The lowest BCUT2D eigenvalue weighted by molar-refractivity contribution is 0.372. The van der Waals surface area contributed by atoms with Crippen LogP contribution in [0.25, 0.3) is 22.8 Å². The highest BCUT2D eigenvalue weighted by molar-refractivity contribution is 5.85. The molecule has 4 heteroatoms. The van der Waals surface area contributed by atoms with E-state index in [2.05, 4.69) is 31.2 Å². The minimum atomic E-state index is -1.11. The van der Waals surface area contributed by atoms with Gasteiger partial charge in [0, 0.05) is 11.1 Å². The average Bonchev–Trinajstić information content (AvgIpc) is 2.75. The van der Waals surface area contributed by atoms with Gasteiger partial charge in [-0.2, -0.15) is 4.39 Å². The van der Waals surface area contributed by atoms with Crippen LogP contribution in [0.5, 0.6) is 5.75 Å². The highest BCUT2D eigenvalue weighted by Gasteiger charge is 2.21. The lowest BCUT2D eigenvalue weighted by Crippen LogP contribution is -2.03. The van der Waals surface area contributed by atoms with Gasteiger partial charge >= 0.3 is 0 Å². The Labute approximate surface area is 168 Å². The van der Waals surface area contributed by atoms with Crippen molar-refractivity contribution < 1.29 is 17.9 Å². The van der Waals surface area contributed by atoms with Crippen LogP contribution in [-0.2, 0) is 12.8 Å². The van der Waals surface area contributed by atoms with E-state index >= 15 is 0 Å². The third-order valence-electron chi connectivity index (χ3n) is 5.51. The molecule has 0 aliphatic heterocycles. The van der Waals surface area contributed by atoms with Crippen molar-refractivity contribution in [1.82, 2.24) is 0 Å². The molecule has 3 aromatic carbocycles. The summed E-state index contributed by atoms with van der Waals surface area (Å²) in [6, 6.07) is 14.1. The maximum atomic E-state index is 14.8. The van der Waals surface area contributed by atoms with Gasteiger partial charge in [-0.15, -0.1) is 0 Å². The molecule has 3 aromatic rings. The van der Waals surface area contributed by atoms with Gasteiger partial charge < -0.3 is 4.74 Å². The molecule has 0 N–H and O–H groups in total. The number of methoxy groups -OCH3 is 1. The van der Waals surface area contributed by atoms with E-state index in [4.69, 9.17) is 4.74 Å². The topological polar surface area (TPSA) is 9.23 Å². The van der Waals surface area contributed by atoms with Gasteiger partial charge in [-0.25, -0.2) is 8.78 Å². The third-order valence-corrected chi connectivity index (χ3v) is 5.51. The van der Waals surface area contributed by atoms with E-state index in [-0.39, 0.29) is 16.9 Å². The molecule has 1 nitrogen and oxygen atoms in total. The molecule has 0 amide bonds. The number of hydrogen-bond acceptors (Lipinski definition) is 1. The van der Waals surface area contributed by atoms with Gasteiger partial charge in [-0.1, -0.05) is 37.3 Å². The van der Waals surface area contributed by atoms with Gasteiger partial charge in [0.05, 0.1) is 7.11 Å². The summed E-state index contributed by atoms with van der Waals surface area (Å²) >= 11 is 0. The van der Waals surface area contributed by atoms with E-state index in [0.29, 0.717) is 6.42 Å². The predicted octanol–water partition coefficient (Wildman–Crippen LogP) is 6.83. The summed E-state index contributed by atoms with van der Waals surface area (Å²) in [4.78, 5) is 0. The first kappa shape index (κ1) is 19.3. The van der Waals surface area contributed by atoms with E-state index in [1.165, 1.54) is 30.9 Å². The minimum Gasteiger partial charge on any atom is -0.494 e. The fourth-order valence-electron chi connectivity index (χ4n) is 3.80. The number of halogens is 3. The SMILES string of the molecule is CCc1ccc(C2=Cc3cc(F)c(-c4ccc(OC)c(F)c4F)cc3CC2)cc1. The number of allylic oxidation sites excluding steroid dienone is 1. The molecule has 1 aliphatic rings. The Hall–Kier alpha value is -3.01. The molecule has 29 heavy (non-hydrogen) atoms. The van der Waals surface area contributed by atoms with E-state index in [0.717, 1.165) is 35.1 Å². The van der Waals surface area contributed by atoms with E-state index < -0.39 is 17.5 Å². The summed E-state index contributed by atoms with van der Waals surface area (Å²) in [5, 5.41) is 0. The smallest absolute Gasteiger partial charge is 0.201 e. The van der Waals surface area contributed by atoms with Gasteiger partial charge in [0.1, 0.15) is 5.82 Å². The zero-order chi connectivity index (χ0) is 20.5. The molecular weight excluding hydrogens is 373 g/mol. The molecule has 0 saturated carbocycles. The highest BCUT2D eigenvalue weighted by Crippen LogP contribution is 2.36. The minimum absolute atomic E-state index is 0.0620. The van der Waals surface area contributed by atoms with Crippen molar-refractivity contribution in [3.05, 3.63) is 88.2 Å². The molecule has 0 spiro atoms. The highest BCUT2D eigenvalue weighted by atomic mass is 19.2. The molecule has 1 aliphatic carbocycles. The molecule has 0 atom stereocenters. The molecule has 0 aromatic heterocycles. The first-order chi connectivity index (χ1) is 14.0. The van der Waals surface area contributed by atoms with Crippen molar-refractivity contribution >= 4 is 11.6 Å². The Morgan fingerprint density at radius 2 is 1.62 bits per heavy atom. The Kier molecular flexibility index (Phi) is 5.18. The second-order valence-corrected chi connectivity index (χ2v) is 7.19. The summed E-state index contributed by atoms with van der Waals surface area (Å²) in [5.74, 6) is -3.00. The number of hydrogen-bond donors (Lipinski definition) is 0. The number of fused-ring (bicyclic) bond motifs is 1. The standard InChI is InChI=1S/C25H21F3O/c1-3-15-4-6-16(7-5-15)17-8-9-18-13-21(22(26)14-19(18)12-17)20-10-11-23(29-2)25(28)24(20)27/h4-7,10-14H,3,8-9H2,1-2H3. The van der Waals surface area contributed by atoms with Crippen LogP contribution in [0.15, 0.2) is 48.5 Å². The van der Waals surface area contributed by atoms with Gasteiger partial charge in [0.2, 0.25) is 5.82 Å². The largest absolute Gasteiger partial charge is 0.494 e. The van der Waals surface area contributed by atoms with Crippen molar-refractivity contribution in [2.24, 2.45) is 0 Å². The fourth-order valence-corrected chi connectivity index (χ4v) is 3.80. The second kappa shape index (κ2) is 7.78. The molecule has 4 rings (SSSR count).